The van der Waals surface area contributed by atoms with Crippen molar-refractivity contribution in [3.63, 3.8) is 0 Å². The second-order valence-electron chi connectivity index (χ2n) is 6.78. The fourth-order valence-corrected chi connectivity index (χ4v) is 3.87. The molecule has 1 aliphatic heterocycles. The molecule has 1 fully saturated rings. The molecule has 2 rings (SSSR count). The van der Waals surface area contributed by atoms with E-state index < -0.39 is 0 Å². The normalized spacial score (nSPS) is 24.4. The Morgan fingerprint density at radius 1 is 1.50 bits per heavy atom. The van der Waals surface area contributed by atoms with E-state index >= 15 is 0 Å². The van der Waals surface area contributed by atoms with Crippen LogP contribution in [0.4, 0.5) is 0 Å². The Balaban J connectivity index is 2.20. The zero-order chi connectivity index (χ0) is 14.8. The first-order valence-electron chi connectivity index (χ1n) is 7.26. The number of rotatable bonds is 5. The summed E-state index contributed by atoms with van der Waals surface area (Å²) in [5.74, 6) is 0. The van der Waals surface area contributed by atoms with E-state index in [0.29, 0.717) is 0 Å². The zero-order valence-electron chi connectivity index (χ0n) is 13.3. The van der Waals surface area contributed by atoms with Gasteiger partial charge < -0.3 is 15.0 Å². The molecular formula is C15H27N3OS. The minimum Gasteiger partial charge on any atom is -0.383 e. The predicted octanol–water partition coefficient (Wildman–Crippen LogP) is 2.21. The molecule has 1 saturated heterocycles. The highest BCUT2D eigenvalue weighted by Gasteiger charge is 2.40. The highest BCUT2D eigenvalue weighted by Crippen LogP contribution is 2.35. The molecule has 20 heavy (non-hydrogen) atoms. The van der Waals surface area contributed by atoms with Gasteiger partial charge in [0.25, 0.3) is 0 Å². The third-order valence-corrected chi connectivity index (χ3v) is 4.96. The topological polar surface area (TPSA) is 37.4 Å². The third kappa shape index (κ3) is 3.39. The van der Waals surface area contributed by atoms with Crippen molar-refractivity contribution in [2.75, 3.05) is 40.4 Å². The second kappa shape index (κ2) is 6.10. The Morgan fingerprint density at radius 2 is 2.25 bits per heavy atom. The minimum absolute atomic E-state index is 0.00144. The van der Waals surface area contributed by atoms with Crippen LogP contribution >= 0.6 is 11.3 Å². The first-order chi connectivity index (χ1) is 9.37. The van der Waals surface area contributed by atoms with Crippen molar-refractivity contribution in [2.24, 2.45) is 0 Å². The van der Waals surface area contributed by atoms with Gasteiger partial charge in [-0.3, -0.25) is 0 Å². The van der Waals surface area contributed by atoms with Crippen LogP contribution < -0.4 is 5.32 Å². The van der Waals surface area contributed by atoms with Crippen molar-refractivity contribution in [1.82, 2.24) is 15.2 Å². The molecule has 5 heteroatoms. The average Bonchev–Trinajstić information content (AvgIpc) is 2.96. The van der Waals surface area contributed by atoms with Gasteiger partial charge >= 0.3 is 0 Å². The van der Waals surface area contributed by atoms with E-state index in [9.17, 15) is 0 Å². The number of likely N-dealkylation sites (N-methyl/N-ethyl adjacent to an activating group) is 1. The molecule has 4 nitrogen and oxygen atoms in total. The summed E-state index contributed by atoms with van der Waals surface area (Å²) in [4.78, 5) is 7.31. The molecule has 0 aliphatic carbocycles. The van der Waals surface area contributed by atoms with E-state index in [1.165, 1.54) is 10.7 Å². The van der Waals surface area contributed by atoms with Crippen molar-refractivity contribution in [2.45, 2.75) is 38.1 Å². The second-order valence-corrected chi connectivity index (χ2v) is 7.64. The molecule has 1 aromatic rings. The highest BCUT2D eigenvalue weighted by atomic mass is 32.1. The van der Waals surface area contributed by atoms with Crippen LogP contribution in [-0.4, -0.2) is 50.3 Å². The molecule has 2 heterocycles. The number of thiazole rings is 1. The number of methoxy groups -OCH3 is 1. The number of likely N-dealkylation sites (tertiary alicyclic amines) is 1. The van der Waals surface area contributed by atoms with Crippen LogP contribution in [0.1, 0.15) is 37.9 Å². The van der Waals surface area contributed by atoms with Gasteiger partial charge in [0, 0.05) is 37.5 Å². The van der Waals surface area contributed by atoms with Crippen LogP contribution in [0, 0.1) is 0 Å². The Bertz CT molecular complexity index is 441. The molecule has 1 unspecified atom stereocenters. The number of aromatic nitrogens is 1. The van der Waals surface area contributed by atoms with Crippen LogP contribution in [0.25, 0.3) is 0 Å². The lowest BCUT2D eigenvalue weighted by molar-refractivity contribution is 0.183. The summed E-state index contributed by atoms with van der Waals surface area (Å²) < 4.78 is 5.18. The van der Waals surface area contributed by atoms with Crippen LogP contribution in [-0.2, 0) is 15.7 Å². The molecule has 114 valence electrons. The molecule has 1 aliphatic rings. The number of hydrogen-bond donors (Lipinski definition) is 1. The van der Waals surface area contributed by atoms with Crippen molar-refractivity contribution < 1.29 is 4.74 Å². The zero-order valence-corrected chi connectivity index (χ0v) is 14.1. The van der Waals surface area contributed by atoms with Gasteiger partial charge in [0.2, 0.25) is 0 Å². The highest BCUT2D eigenvalue weighted by molar-refractivity contribution is 7.09. The molecule has 0 bridgehead atoms. The van der Waals surface area contributed by atoms with Crippen LogP contribution in [0.15, 0.2) is 5.38 Å². The van der Waals surface area contributed by atoms with Gasteiger partial charge in [0.05, 0.1) is 17.8 Å². The summed E-state index contributed by atoms with van der Waals surface area (Å²) >= 11 is 1.79. The lowest BCUT2D eigenvalue weighted by atomic mass is 9.93. The summed E-state index contributed by atoms with van der Waals surface area (Å²) in [6.07, 6.45) is 1.12. The van der Waals surface area contributed by atoms with E-state index in [4.69, 9.17) is 9.72 Å². The molecule has 0 aromatic carbocycles. The van der Waals surface area contributed by atoms with Crippen molar-refractivity contribution in [1.29, 1.82) is 0 Å². The quantitative estimate of drug-likeness (QED) is 0.846. The Kier molecular flexibility index (Phi) is 4.84. The van der Waals surface area contributed by atoms with E-state index in [-0.39, 0.29) is 11.0 Å². The minimum atomic E-state index is 0.00144. The molecule has 1 atom stereocenters. The molecule has 0 saturated carbocycles. The summed E-state index contributed by atoms with van der Waals surface area (Å²) in [5.41, 5.74) is 1.31. The first-order valence-corrected chi connectivity index (χ1v) is 8.14. The lowest BCUT2D eigenvalue weighted by Gasteiger charge is -2.28. The maximum Gasteiger partial charge on any atom is 0.114 e. The molecule has 1 N–H and O–H groups in total. The van der Waals surface area contributed by atoms with E-state index in [1.807, 2.05) is 0 Å². The van der Waals surface area contributed by atoms with Gasteiger partial charge in [-0.2, -0.15) is 0 Å². The van der Waals surface area contributed by atoms with Gasteiger partial charge in [-0.05, 0) is 13.5 Å². The van der Waals surface area contributed by atoms with Crippen LogP contribution in [0.3, 0.4) is 0 Å². The standard InChI is InChI=1S/C15H27N3OS/c1-14(2,3)12-10-20-13(17-12)15(16-7-9-19-5)6-8-18(4)11-15/h10,16H,6-9,11H2,1-5H3. The Morgan fingerprint density at radius 3 is 2.75 bits per heavy atom. The number of hydrogen-bond acceptors (Lipinski definition) is 5. The third-order valence-electron chi connectivity index (χ3n) is 3.91. The molecule has 0 spiro atoms. The molecule has 0 amide bonds. The van der Waals surface area contributed by atoms with Gasteiger partial charge in [-0.15, -0.1) is 11.3 Å². The van der Waals surface area contributed by atoms with Crippen LogP contribution in [0.2, 0.25) is 0 Å². The van der Waals surface area contributed by atoms with Crippen LogP contribution in [0.5, 0.6) is 0 Å². The van der Waals surface area contributed by atoms with Gasteiger partial charge in [-0.1, -0.05) is 20.8 Å². The van der Waals surface area contributed by atoms with Crippen molar-refractivity contribution in [3.8, 4) is 0 Å². The largest absolute Gasteiger partial charge is 0.383 e. The molecular weight excluding hydrogens is 270 g/mol. The average molecular weight is 297 g/mol. The maximum absolute atomic E-state index is 5.18. The number of nitrogens with zero attached hydrogens (tertiary/aromatic N) is 2. The summed E-state index contributed by atoms with van der Waals surface area (Å²) in [6, 6.07) is 0. The SMILES string of the molecule is COCCNC1(c2nc(C(C)(C)C)cs2)CCN(C)C1. The molecule has 0 radical (unpaired) electrons. The van der Waals surface area contributed by atoms with Crippen molar-refractivity contribution >= 4 is 11.3 Å². The lowest BCUT2D eigenvalue weighted by Crippen LogP contribution is -2.45. The first kappa shape index (κ1) is 15.9. The monoisotopic (exact) mass is 297 g/mol. The fraction of sp³-hybridized carbons (Fsp3) is 0.800. The van der Waals surface area contributed by atoms with Crippen molar-refractivity contribution in [3.05, 3.63) is 16.1 Å². The fourth-order valence-electron chi connectivity index (χ4n) is 2.63. The summed E-state index contributed by atoms with van der Waals surface area (Å²) in [7, 11) is 3.92. The smallest absolute Gasteiger partial charge is 0.114 e. The maximum atomic E-state index is 5.18. The summed E-state index contributed by atoms with van der Waals surface area (Å²) in [6.45, 7) is 10.4. The van der Waals surface area contributed by atoms with E-state index in [2.05, 4.69) is 43.4 Å². The van der Waals surface area contributed by atoms with E-state index in [0.717, 1.165) is 32.7 Å². The number of ether oxygens (including phenoxy) is 1. The molecule has 1 aromatic heterocycles. The van der Waals surface area contributed by atoms with Gasteiger partial charge in [0.15, 0.2) is 0 Å². The van der Waals surface area contributed by atoms with Gasteiger partial charge in [0.1, 0.15) is 5.01 Å². The van der Waals surface area contributed by atoms with E-state index in [1.54, 1.807) is 18.4 Å². The number of nitrogens with one attached hydrogen (secondary N) is 1. The Hall–Kier alpha value is -0.490. The van der Waals surface area contributed by atoms with Gasteiger partial charge in [-0.25, -0.2) is 4.98 Å². The summed E-state index contributed by atoms with van der Waals surface area (Å²) in [5, 5.41) is 7.13. The predicted molar refractivity (Wildman–Crippen MR) is 84.5 cm³/mol. The Labute approximate surface area is 126 Å².